The molecule has 0 radical (unpaired) electrons. The van der Waals surface area contributed by atoms with Crippen LogP contribution in [0.15, 0.2) is 72.8 Å². The lowest BCUT2D eigenvalue weighted by atomic mass is 10.1. The highest BCUT2D eigenvalue weighted by atomic mass is 16.5. The van der Waals surface area contributed by atoms with Gasteiger partial charge >= 0.3 is 0 Å². The van der Waals surface area contributed by atoms with E-state index in [1.165, 1.54) is 7.11 Å². The molecule has 6 heteroatoms. The Bertz CT molecular complexity index is 1050. The van der Waals surface area contributed by atoms with E-state index in [-0.39, 0.29) is 11.8 Å². The van der Waals surface area contributed by atoms with Crippen molar-refractivity contribution in [3.8, 4) is 11.5 Å². The molecule has 1 atom stereocenters. The van der Waals surface area contributed by atoms with Crippen molar-refractivity contribution in [1.29, 1.82) is 0 Å². The van der Waals surface area contributed by atoms with Crippen LogP contribution >= 0.6 is 0 Å². The summed E-state index contributed by atoms with van der Waals surface area (Å²) in [6.07, 6.45) is -0.739. The van der Waals surface area contributed by atoms with Crippen LogP contribution < -0.4 is 20.1 Å². The summed E-state index contributed by atoms with van der Waals surface area (Å²) in [4.78, 5) is 25.5. The summed E-state index contributed by atoms with van der Waals surface area (Å²) in [7, 11) is 1.54. The van der Waals surface area contributed by atoms with Crippen molar-refractivity contribution in [2.45, 2.75) is 20.0 Å². The molecule has 0 aromatic heterocycles. The minimum Gasteiger partial charge on any atom is -0.495 e. The zero-order chi connectivity index (χ0) is 21.5. The number of nitrogens with one attached hydrogen (secondary N) is 2. The molecule has 0 spiro atoms. The van der Waals surface area contributed by atoms with Gasteiger partial charge < -0.3 is 20.1 Å². The molecule has 0 saturated carbocycles. The van der Waals surface area contributed by atoms with E-state index in [2.05, 4.69) is 10.6 Å². The second-order valence-electron chi connectivity index (χ2n) is 6.77. The van der Waals surface area contributed by atoms with Gasteiger partial charge in [-0.15, -0.1) is 0 Å². The van der Waals surface area contributed by atoms with Crippen LogP contribution in [0, 0.1) is 6.92 Å². The first-order valence-electron chi connectivity index (χ1n) is 9.55. The number of para-hydroxylation sites is 3. The second kappa shape index (κ2) is 9.60. The van der Waals surface area contributed by atoms with Crippen molar-refractivity contribution >= 4 is 23.2 Å². The Morgan fingerprint density at radius 1 is 0.867 bits per heavy atom. The van der Waals surface area contributed by atoms with Gasteiger partial charge in [-0.3, -0.25) is 9.59 Å². The Balaban J connectivity index is 1.73. The molecular formula is C24H24N2O4. The highest BCUT2D eigenvalue weighted by molar-refractivity contribution is 6.10. The molecule has 0 heterocycles. The molecule has 154 valence electrons. The third-order valence-electron chi connectivity index (χ3n) is 4.46. The molecule has 3 aromatic carbocycles. The van der Waals surface area contributed by atoms with Crippen LogP contribution in [0.1, 0.15) is 22.8 Å². The molecule has 6 nitrogen and oxygen atoms in total. The number of hydrogen-bond donors (Lipinski definition) is 2. The van der Waals surface area contributed by atoms with Gasteiger partial charge in [0.1, 0.15) is 11.5 Å². The number of ether oxygens (including phenoxy) is 2. The maximum Gasteiger partial charge on any atom is 0.265 e. The van der Waals surface area contributed by atoms with Gasteiger partial charge in [0.25, 0.3) is 11.8 Å². The standard InChI is InChI=1S/C24H24N2O4/c1-16-9-8-10-18(15-16)30-17(2)23(27)25-20-12-5-4-11-19(20)24(28)26-21-13-6-7-14-22(21)29-3/h4-15,17H,1-3H3,(H,25,27)(H,26,28)/t17-/m1/s1. The van der Waals surface area contributed by atoms with Gasteiger partial charge in [-0.2, -0.15) is 0 Å². The van der Waals surface area contributed by atoms with Crippen LogP contribution in [0.3, 0.4) is 0 Å². The molecule has 3 rings (SSSR count). The second-order valence-corrected chi connectivity index (χ2v) is 6.77. The fourth-order valence-corrected chi connectivity index (χ4v) is 2.91. The lowest BCUT2D eigenvalue weighted by Gasteiger charge is -2.17. The molecule has 0 aliphatic rings. The molecule has 0 fully saturated rings. The fourth-order valence-electron chi connectivity index (χ4n) is 2.91. The lowest BCUT2D eigenvalue weighted by Crippen LogP contribution is -2.31. The molecule has 0 unspecified atom stereocenters. The highest BCUT2D eigenvalue weighted by Gasteiger charge is 2.19. The first kappa shape index (κ1) is 20.9. The Hall–Kier alpha value is -3.80. The molecule has 0 aliphatic heterocycles. The average molecular weight is 404 g/mol. The number of amides is 2. The largest absolute Gasteiger partial charge is 0.495 e. The van der Waals surface area contributed by atoms with Crippen LogP contribution in [0.4, 0.5) is 11.4 Å². The molecule has 2 amide bonds. The summed E-state index contributed by atoms with van der Waals surface area (Å²) in [5.74, 6) is 0.448. The maximum atomic E-state index is 12.8. The molecule has 0 bridgehead atoms. The summed E-state index contributed by atoms with van der Waals surface area (Å²) in [6, 6.07) is 21.4. The first-order valence-corrected chi connectivity index (χ1v) is 9.55. The number of rotatable bonds is 7. The molecular weight excluding hydrogens is 380 g/mol. The summed E-state index contributed by atoms with van der Waals surface area (Å²) in [5, 5.41) is 5.60. The quantitative estimate of drug-likeness (QED) is 0.600. The van der Waals surface area contributed by atoms with Gasteiger partial charge in [0.15, 0.2) is 6.10 Å². The van der Waals surface area contributed by atoms with E-state index in [0.717, 1.165) is 5.56 Å². The fraction of sp³-hybridized carbons (Fsp3) is 0.167. The Labute approximate surface area is 175 Å². The maximum absolute atomic E-state index is 12.8. The third-order valence-corrected chi connectivity index (χ3v) is 4.46. The van der Waals surface area contributed by atoms with Crippen molar-refractivity contribution in [2.75, 3.05) is 17.7 Å². The monoisotopic (exact) mass is 404 g/mol. The van der Waals surface area contributed by atoms with Crippen LogP contribution in [0.5, 0.6) is 11.5 Å². The number of methoxy groups -OCH3 is 1. The zero-order valence-corrected chi connectivity index (χ0v) is 17.1. The normalized spacial score (nSPS) is 11.3. The number of benzene rings is 3. The third kappa shape index (κ3) is 5.17. The number of aryl methyl sites for hydroxylation is 1. The van der Waals surface area contributed by atoms with Crippen molar-refractivity contribution < 1.29 is 19.1 Å². The van der Waals surface area contributed by atoms with Crippen LogP contribution in [0.2, 0.25) is 0 Å². The van der Waals surface area contributed by atoms with Crippen LogP contribution in [-0.4, -0.2) is 25.0 Å². The molecule has 2 N–H and O–H groups in total. The number of anilines is 2. The summed E-state index contributed by atoms with van der Waals surface area (Å²) in [5.41, 5.74) is 2.31. The van der Waals surface area contributed by atoms with Crippen molar-refractivity contribution in [2.24, 2.45) is 0 Å². The van der Waals surface area contributed by atoms with Crippen molar-refractivity contribution in [3.63, 3.8) is 0 Å². The number of carbonyl (C=O) groups excluding carboxylic acids is 2. The first-order chi connectivity index (χ1) is 14.5. The SMILES string of the molecule is COc1ccccc1NC(=O)c1ccccc1NC(=O)[C@@H](C)Oc1cccc(C)c1. The molecule has 30 heavy (non-hydrogen) atoms. The lowest BCUT2D eigenvalue weighted by molar-refractivity contribution is -0.122. The van der Waals surface area contributed by atoms with Gasteiger partial charge in [-0.25, -0.2) is 0 Å². The molecule has 0 saturated heterocycles. The van der Waals surface area contributed by atoms with Gasteiger partial charge in [0.05, 0.1) is 24.0 Å². The Morgan fingerprint density at radius 2 is 1.57 bits per heavy atom. The van der Waals surface area contributed by atoms with E-state index in [1.807, 2.05) is 31.2 Å². The van der Waals surface area contributed by atoms with Crippen molar-refractivity contribution in [3.05, 3.63) is 83.9 Å². The van der Waals surface area contributed by atoms with E-state index >= 15 is 0 Å². The van der Waals surface area contributed by atoms with Gasteiger partial charge in [0, 0.05) is 0 Å². The van der Waals surface area contributed by atoms with Crippen LogP contribution in [-0.2, 0) is 4.79 Å². The van der Waals surface area contributed by atoms with E-state index in [4.69, 9.17) is 9.47 Å². The summed E-state index contributed by atoms with van der Waals surface area (Å²) >= 11 is 0. The predicted octanol–water partition coefficient (Wildman–Crippen LogP) is 4.66. The highest BCUT2D eigenvalue weighted by Crippen LogP contribution is 2.25. The van der Waals surface area contributed by atoms with E-state index < -0.39 is 6.10 Å². The Morgan fingerprint density at radius 3 is 2.30 bits per heavy atom. The van der Waals surface area contributed by atoms with E-state index in [9.17, 15) is 9.59 Å². The van der Waals surface area contributed by atoms with E-state index in [1.54, 1.807) is 55.5 Å². The smallest absolute Gasteiger partial charge is 0.265 e. The van der Waals surface area contributed by atoms with Gasteiger partial charge in [-0.1, -0.05) is 36.4 Å². The minimum absolute atomic E-state index is 0.333. The average Bonchev–Trinajstić information content (AvgIpc) is 2.74. The van der Waals surface area contributed by atoms with Gasteiger partial charge in [-0.05, 0) is 55.8 Å². The van der Waals surface area contributed by atoms with Crippen molar-refractivity contribution in [1.82, 2.24) is 0 Å². The molecule has 0 aliphatic carbocycles. The predicted molar refractivity (Wildman–Crippen MR) is 117 cm³/mol. The Kier molecular flexibility index (Phi) is 6.70. The zero-order valence-electron chi connectivity index (χ0n) is 17.1. The molecule has 3 aromatic rings. The van der Waals surface area contributed by atoms with Gasteiger partial charge in [0.2, 0.25) is 0 Å². The topological polar surface area (TPSA) is 76.7 Å². The summed E-state index contributed by atoms with van der Waals surface area (Å²) < 4.78 is 11.0. The summed E-state index contributed by atoms with van der Waals surface area (Å²) in [6.45, 7) is 3.61. The number of carbonyl (C=O) groups is 2. The number of hydrogen-bond acceptors (Lipinski definition) is 4. The van der Waals surface area contributed by atoms with E-state index in [0.29, 0.717) is 28.4 Å². The minimum atomic E-state index is -0.739. The van der Waals surface area contributed by atoms with Crippen LogP contribution in [0.25, 0.3) is 0 Å².